The Kier molecular flexibility index (Phi) is 8.27. The third-order valence-electron chi connectivity index (χ3n) is 5.68. The van der Waals surface area contributed by atoms with Crippen molar-refractivity contribution in [1.82, 2.24) is 0 Å². The summed E-state index contributed by atoms with van der Waals surface area (Å²) in [5.41, 5.74) is 1.78. The lowest BCUT2D eigenvalue weighted by Gasteiger charge is -2.27. The van der Waals surface area contributed by atoms with E-state index < -0.39 is 7.26 Å². The summed E-state index contributed by atoms with van der Waals surface area (Å²) >= 11 is 0. The monoisotopic (exact) mass is 475 g/mol. The van der Waals surface area contributed by atoms with Crippen molar-refractivity contribution in [2.75, 3.05) is 18.6 Å². The summed E-state index contributed by atoms with van der Waals surface area (Å²) in [6.07, 6.45) is 0.385. The quantitative estimate of drug-likeness (QED) is 0.415. The van der Waals surface area contributed by atoms with Gasteiger partial charge < -0.3 is 22.5 Å². The normalized spacial score (nSPS) is 10.7. The van der Waals surface area contributed by atoms with Gasteiger partial charge in [0.2, 0.25) is 0 Å². The highest BCUT2D eigenvalue weighted by atomic mass is 35.5. The van der Waals surface area contributed by atoms with Crippen molar-refractivity contribution in [3.05, 3.63) is 115 Å². The Hall–Kier alpha value is -3.13. The molecular formula is C28H27ClNO2P. The number of benzene rings is 4. The first-order chi connectivity index (χ1) is 15.6. The van der Waals surface area contributed by atoms with E-state index in [9.17, 15) is 4.79 Å². The molecule has 4 rings (SSSR count). The molecule has 0 fully saturated rings. The summed E-state index contributed by atoms with van der Waals surface area (Å²) in [4.78, 5) is 13.5. The maximum Gasteiger partial charge on any atom is 0.263 e. The summed E-state index contributed by atoms with van der Waals surface area (Å²) in [5.74, 6) is 0.781. The number of ether oxygens (including phenoxy) is 1. The molecule has 0 atom stereocenters. The molecule has 0 unspecified atom stereocenters. The van der Waals surface area contributed by atoms with Crippen LogP contribution in [-0.4, -0.2) is 19.2 Å². The molecule has 0 saturated heterocycles. The molecule has 0 heterocycles. The van der Waals surface area contributed by atoms with Gasteiger partial charge in [0.1, 0.15) is 28.9 Å². The fourth-order valence-corrected chi connectivity index (χ4v) is 8.07. The number of carbonyl (C=O) groups excluding carboxylic acids is 1. The summed E-state index contributed by atoms with van der Waals surface area (Å²) in [6.45, 7) is 1.98. The zero-order chi connectivity index (χ0) is 22.4. The topological polar surface area (TPSA) is 38.3 Å². The predicted molar refractivity (Wildman–Crippen MR) is 136 cm³/mol. The van der Waals surface area contributed by atoms with Crippen LogP contribution in [0.15, 0.2) is 109 Å². The Bertz CT molecular complexity index is 1090. The smallest absolute Gasteiger partial charge is 0.263 e. The second kappa shape index (κ2) is 11.1. The summed E-state index contributed by atoms with van der Waals surface area (Å²) < 4.78 is 5.30. The Morgan fingerprint density at radius 2 is 1.21 bits per heavy atom. The SMILES string of the molecule is COc1ccc(NC(=O)C[P+](c2ccccc2)(c2ccccc2)c2ccccc2)c(C)c1.[Cl-]. The first-order valence-electron chi connectivity index (χ1n) is 10.6. The highest BCUT2D eigenvalue weighted by Gasteiger charge is 2.47. The Labute approximate surface area is 202 Å². The minimum atomic E-state index is -2.21. The lowest BCUT2D eigenvalue weighted by Crippen LogP contribution is -3.00. The predicted octanol–water partition coefficient (Wildman–Crippen LogP) is 1.94. The van der Waals surface area contributed by atoms with E-state index in [0.29, 0.717) is 6.16 Å². The molecule has 0 spiro atoms. The molecular weight excluding hydrogens is 449 g/mol. The van der Waals surface area contributed by atoms with Crippen molar-refractivity contribution >= 4 is 34.8 Å². The first kappa shape index (κ1) is 24.5. The van der Waals surface area contributed by atoms with Gasteiger partial charge in [-0.05, 0) is 67.1 Å². The average Bonchev–Trinajstić information content (AvgIpc) is 2.85. The van der Waals surface area contributed by atoms with E-state index in [4.69, 9.17) is 4.74 Å². The fourth-order valence-electron chi connectivity index (χ4n) is 4.08. The molecule has 4 aromatic rings. The number of carbonyl (C=O) groups is 1. The number of methoxy groups -OCH3 is 1. The third kappa shape index (κ3) is 5.27. The molecule has 0 bridgehead atoms. The van der Waals surface area contributed by atoms with Crippen LogP contribution in [-0.2, 0) is 4.79 Å². The Balaban J connectivity index is 0.00000306. The molecule has 4 aromatic carbocycles. The first-order valence-corrected chi connectivity index (χ1v) is 12.6. The third-order valence-corrected chi connectivity index (χ3v) is 9.98. The van der Waals surface area contributed by atoms with Gasteiger partial charge in [0.05, 0.1) is 7.11 Å². The minimum absolute atomic E-state index is 0. The summed E-state index contributed by atoms with van der Waals surface area (Å²) in [6, 6.07) is 37.0. The maximum absolute atomic E-state index is 13.5. The molecule has 0 saturated carbocycles. The number of nitrogens with one attached hydrogen (secondary N) is 1. The van der Waals surface area contributed by atoms with Crippen molar-refractivity contribution in [2.45, 2.75) is 6.92 Å². The van der Waals surface area contributed by atoms with Gasteiger partial charge in [0.25, 0.3) is 5.91 Å². The molecule has 1 amide bonds. The molecule has 1 N–H and O–H groups in total. The van der Waals surface area contributed by atoms with E-state index >= 15 is 0 Å². The van der Waals surface area contributed by atoms with Crippen LogP contribution in [0.4, 0.5) is 5.69 Å². The fraction of sp³-hybridized carbons (Fsp3) is 0.107. The summed E-state index contributed by atoms with van der Waals surface area (Å²) in [7, 11) is -0.569. The van der Waals surface area contributed by atoms with Crippen LogP contribution in [0.2, 0.25) is 0 Å². The average molecular weight is 476 g/mol. The van der Waals surface area contributed by atoms with Gasteiger partial charge in [-0.2, -0.15) is 0 Å². The molecule has 5 heteroatoms. The molecule has 0 radical (unpaired) electrons. The molecule has 0 aliphatic rings. The standard InChI is InChI=1S/C28H26NO2P.ClH/c1-22-20-23(31-2)18-19-27(22)29-28(30)21-32(24-12-6-3-7-13-24,25-14-8-4-9-15-25)26-16-10-5-11-17-26;/h3-20H,21H2,1-2H3;1H. The van der Waals surface area contributed by atoms with Crippen molar-refractivity contribution in [1.29, 1.82) is 0 Å². The van der Waals surface area contributed by atoms with Crippen molar-refractivity contribution < 1.29 is 21.9 Å². The van der Waals surface area contributed by atoms with E-state index in [-0.39, 0.29) is 18.3 Å². The number of aryl methyl sites for hydroxylation is 1. The van der Waals surface area contributed by atoms with Crippen LogP contribution in [0.25, 0.3) is 0 Å². The Morgan fingerprint density at radius 3 is 1.61 bits per heavy atom. The van der Waals surface area contributed by atoms with Crippen molar-refractivity contribution in [3.8, 4) is 5.75 Å². The van der Waals surface area contributed by atoms with Gasteiger partial charge in [0.15, 0.2) is 6.16 Å². The van der Waals surface area contributed by atoms with Crippen LogP contribution >= 0.6 is 7.26 Å². The van der Waals surface area contributed by atoms with Crippen LogP contribution in [0, 0.1) is 6.92 Å². The van der Waals surface area contributed by atoms with Crippen LogP contribution in [0.1, 0.15) is 5.56 Å². The number of rotatable bonds is 7. The van der Waals surface area contributed by atoms with Gasteiger partial charge >= 0.3 is 0 Å². The molecule has 168 valence electrons. The number of halogens is 1. The van der Waals surface area contributed by atoms with Crippen LogP contribution in [0.3, 0.4) is 0 Å². The van der Waals surface area contributed by atoms with Crippen molar-refractivity contribution in [2.24, 2.45) is 0 Å². The van der Waals surface area contributed by atoms with E-state index in [1.807, 2.05) is 43.3 Å². The lowest BCUT2D eigenvalue weighted by atomic mass is 10.2. The second-order valence-corrected chi connectivity index (χ2v) is 11.2. The number of hydrogen-bond donors (Lipinski definition) is 1. The molecule has 3 nitrogen and oxygen atoms in total. The number of amides is 1. The minimum Gasteiger partial charge on any atom is -1.00 e. The van der Waals surface area contributed by atoms with E-state index in [0.717, 1.165) is 17.0 Å². The van der Waals surface area contributed by atoms with Gasteiger partial charge in [-0.15, -0.1) is 0 Å². The van der Waals surface area contributed by atoms with Gasteiger partial charge in [0, 0.05) is 5.69 Å². The maximum atomic E-state index is 13.5. The van der Waals surface area contributed by atoms with Gasteiger partial charge in [-0.1, -0.05) is 54.6 Å². The van der Waals surface area contributed by atoms with Gasteiger partial charge in [-0.25, -0.2) is 0 Å². The molecule has 33 heavy (non-hydrogen) atoms. The number of anilines is 1. The second-order valence-electron chi connectivity index (χ2n) is 7.70. The van der Waals surface area contributed by atoms with Crippen molar-refractivity contribution in [3.63, 3.8) is 0 Å². The highest BCUT2D eigenvalue weighted by Crippen LogP contribution is 2.55. The molecule has 0 aliphatic heterocycles. The largest absolute Gasteiger partial charge is 1.00 e. The van der Waals surface area contributed by atoms with Crippen LogP contribution in [0.5, 0.6) is 5.75 Å². The highest BCUT2D eigenvalue weighted by molar-refractivity contribution is 7.96. The molecule has 0 aliphatic carbocycles. The summed E-state index contributed by atoms with van der Waals surface area (Å²) in [5, 5.41) is 6.74. The van der Waals surface area contributed by atoms with E-state index in [2.05, 4.69) is 78.1 Å². The van der Waals surface area contributed by atoms with Crippen LogP contribution < -0.4 is 38.4 Å². The number of hydrogen-bond acceptors (Lipinski definition) is 2. The Morgan fingerprint density at radius 1 is 0.758 bits per heavy atom. The van der Waals surface area contributed by atoms with Gasteiger partial charge in [-0.3, -0.25) is 4.79 Å². The van der Waals surface area contributed by atoms with E-state index in [1.165, 1.54) is 15.9 Å². The molecule has 0 aromatic heterocycles. The lowest BCUT2D eigenvalue weighted by molar-refractivity contribution is -0.113. The van der Waals surface area contributed by atoms with E-state index in [1.54, 1.807) is 7.11 Å². The zero-order valence-electron chi connectivity index (χ0n) is 18.7. The zero-order valence-corrected chi connectivity index (χ0v) is 20.4.